The van der Waals surface area contributed by atoms with Crippen LogP contribution in [-0.2, 0) is 39.9 Å². The molecule has 1 fully saturated rings. The lowest BCUT2D eigenvalue weighted by Crippen LogP contribution is -2.61. The molecule has 0 spiro atoms. The number of allylic oxidation sites excluding steroid dienone is 4. The molecule has 2 amide bonds. The maximum atomic E-state index is 13.9. The predicted molar refractivity (Wildman–Crippen MR) is 201 cm³/mol. The van der Waals surface area contributed by atoms with Gasteiger partial charge in [-0.2, -0.15) is 0 Å². The summed E-state index contributed by atoms with van der Waals surface area (Å²) in [6.07, 6.45) is 10.5. The largest absolute Gasteiger partial charge is 0.508 e. The summed E-state index contributed by atoms with van der Waals surface area (Å²) in [5.41, 5.74) is 4.17. The van der Waals surface area contributed by atoms with Crippen molar-refractivity contribution in [3.05, 3.63) is 65.8 Å². The third-order valence-corrected chi connectivity index (χ3v) is 9.33. The highest BCUT2D eigenvalue weighted by Gasteiger charge is 2.35. The number of aldehydes is 2. The molecule has 13 nitrogen and oxygen atoms in total. The van der Waals surface area contributed by atoms with Crippen molar-refractivity contribution in [1.29, 1.82) is 0 Å². The molecule has 4 unspecified atom stereocenters. The summed E-state index contributed by atoms with van der Waals surface area (Å²) in [6, 6.07) is 4.06. The molecule has 1 aliphatic rings. The number of aliphatic hydroxyl groups excluding tert-OH is 1. The van der Waals surface area contributed by atoms with Crippen LogP contribution in [0.1, 0.15) is 78.7 Å². The minimum Gasteiger partial charge on any atom is -0.508 e. The maximum absolute atomic E-state index is 13.9. The normalized spacial score (nSPS) is 18.6. The summed E-state index contributed by atoms with van der Waals surface area (Å²) in [7, 11) is 1.67. The Kier molecular flexibility index (Phi) is 19.6. The van der Waals surface area contributed by atoms with Crippen LogP contribution in [0.4, 0.5) is 0 Å². The van der Waals surface area contributed by atoms with E-state index in [1.807, 2.05) is 26.8 Å². The van der Waals surface area contributed by atoms with Gasteiger partial charge in [-0.05, 0) is 87.8 Å². The fourth-order valence-corrected chi connectivity index (χ4v) is 6.12. The second-order valence-corrected chi connectivity index (χ2v) is 14.1. The van der Waals surface area contributed by atoms with Crippen molar-refractivity contribution in [2.75, 3.05) is 13.6 Å². The molecule has 13 heteroatoms. The van der Waals surface area contributed by atoms with Crippen LogP contribution in [0.5, 0.6) is 5.75 Å². The van der Waals surface area contributed by atoms with Crippen molar-refractivity contribution >= 4 is 36.1 Å². The topological polar surface area (TPSA) is 191 Å². The molecule has 0 bridgehead atoms. The number of esters is 1. The number of phenolic OH excluding ortho intramolecular Hbond substituents is 1. The number of nitrogens with one attached hydrogen (secondary N) is 3. The monoisotopic (exact) mass is 738 g/mol. The third kappa shape index (κ3) is 15.2. The first-order valence-electron chi connectivity index (χ1n) is 18.3. The Labute approximate surface area is 313 Å². The van der Waals surface area contributed by atoms with E-state index in [9.17, 15) is 39.0 Å². The van der Waals surface area contributed by atoms with Crippen LogP contribution in [-0.4, -0.2) is 95.3 Å². The van der Waals surface area contributed by atoms with Gasteiger partial charge in [0.1, 0.15) is 42.3 Å². The van der Waals surface area contributed by atoms with Crippen molar-refractivity contribution < 1.29 is 43.7 Å². The van der Waals surface area contributed by atoms with E-state index in [0.29, 0.717) is 55.9 Å². The molecule has 0 aliphatic carbocycles. The number of rotatable bonds is 22. The zero-order chi connectivity index (χ0) is 39.5. The van der Waals surface area contributed by atoms with E-state index in [1.165, 1.54) is 30.1 Å². The van der Waals surface area contributed by atoms with E-state index >= 15 is 0 Å². The number of hydrogen-bond donors (Lipinski definition) is 5. The predicted octanol–water partition coefficient (Wildman–Crippen LogP) is 3.29. The number of aliphatic hydroxyl groups is 1. The Morgan fingerprint density at radius 2 is 1.77 bits per heavy atom. The Hall–Kier alpha value is -4.46. The summed E-state index contributed by atoms with van der Waals surface area (Å²) < 4.78 is 5.86. The van der Waals surface area contributed by atoms with Gasteiger partial charge in [0, 0.05) is 31.7 Å². The van der Waals surface area contributed by atoms with Gasteiger partial charge in [-0.3, -0.25) is 24.2 Å². The zero-order valence-corrected chi connectivity index (χ0v) is 31.8. The SMILES string of the molecule is CNC(C(=O)NC(Cc1cccc(O)c1)C(=O)N1CCCC(C(=O)O[C@@H](C/C=C/C=C/CC(C)[C@@H](O)[C@H](C=O)CCC(C)=O)/C(C)=C/C=O)N1)C(C)C. The molecule has 1 aromatic rings. The van der Waals surface area contributed by atoms with E-state index in [-0.39, 0.29) is 48.5 Å². The number of carbonyl (C=O) groups excluding carboxylic acids is 6. The van der Waals surface area contributed by atoms with Crippen LogP contribution in [0.25, 0.3) is 0 Å². The Morgan fingerprint density at radius 3 is 2.38 bits per heavy atom. The van der Waals surface area contributed by atoms with Crippen LogP contribution in [0.3, 0.4) is 0 Å². The molecule has 7 atom stereocenters. The average Bonchev–Trinajstić information content (AvgIpc) is 3.12. The number of ether oxygens (including phenoxy) is 1. The quantitative estimate of drug-likeness (QED) is 0.0508. The lowest BCUT2D eigenvalue weighted by Gasteiger charge is -2.36. The Bertz CT molecular complexity index is 1470. The fourth-order valence-electron chi connectivity index (χ4n) is 6.12. The number of aromatic hydroxyl groups is 1. The summed E-state index contributed by atoms with van der Waals surface area (Å²) >= 11 is 0. The number of nitrogens with zero attached hydrogens (tertiary/aromatic N) is 1. The second kappa shape index (κ2) is 23.3. The molecule has 1 saturated heterocycles. The highest BCUT2D eigenvalue weighted by molar-refractivity contribution is 5.90. The molecule has 0 aromatic heterocycles. The number of likely N-dealkylation sites (N-methyl/N-ethyl adjacent to an activating group) is 1. The molecule has 1 aliphatic heterocycles. The fraction of sp³-hybridized carbons (Fsp3) is 0.550. The van der Waals surface area contributed by atoms with Crippen LogP contribution in [0.15, 0.2) is 60.2 Å². The van der Waals surface area contributed by atoms with E-state index in [1.54, 1.807) is 44.3 Å². The van der Waals surface area contributed by atoms with Gasteiger partial charge in [0.15, 0.2) is 0 Å². The highest BCUT2D eigenvalue weighted by Crippen LogP contribution is 2.21. The lowest BCUT2D eigenvalue weighted by molar-refractivity contribution is -0.156. The van der Waals surface area contributed by atoms with Crippen molar-refractivity contribution in [2.45, 2.75) is 110 Å². The van der Waals surface area contributed by atoms with Crippen molar-refractivity contribution in [3.8, 4) is 5.75 Å². The maximum Gasteiger partial charge on any atom is 0.325 e. The summed E-state index contributed by atoms with van der Waals surface area (Å²) in [6.45, 7) is 9.04. The van der Waals surface area contributed by atoms with Gasteiger partial charge < -0.3 is 35.2 Å². The molecule has 0 saturated carbocycles. The molecule has 1 aromatic carbocycles. The summed E-state index contributed by atoms with van der Waals surface area (Å²) in [5.74, 6) is -2.27. The first-order chi connectivity index (χ1) is 25.2. The average molecular weight is 739 g/mol. The third-order valence-electron chi connectivity index (χ3n) is 9.33. The number of phenols is 1. The number of ketones is 1. The molecule has 292 valence electrons. The van der Waals surface area contributed by atoms with E-state index in [4.69, 9.17) is 4.74 Å². The van der Waals surface area contributed by atoms with Gasteiger partial charge in [-0.25, -0.2) is 5.43 Å². The lowest BCUT2D eigenvalue weighted by atomic mass is 9.87. The first kappa shape index (κ1) is 44.7. The number of amides is 2. The van der Waals surface area contributed by atoms with Crippen molar-refractivity contribution in [3.63, 3.8) is 0 Å². The van der Waals surface area contributed by atoms with Gasteiger partial charge in [0.25, 0.3) is 5.91 Å². The smallest absolute Gasteiger partial charge is 0.325 e. The van der Waals surface area contributed by atoms with Crippen molar-refractivity contribution in [1.82, 2.24) is 21.1 Å². The standard InChI is InChI=1S/C40H58N4O9/c1-26(2)36(41-6)38(50)42-34(24-30-14-11-15-32(48)23-30)39(51)44-21-12-16-33(43-44)40(52)53-35(27(3)20-22-45)17-10-8-7-9-13-28(4)37(49)31(25-46)19-18-29(5)47/h7-11,14-15,20,22-23,25-26,28,31,33-37,41,43,48-49H,12-13,16-19,21,24H2,1-6H3,(H,42,50)/b9-7+,10-8+,27-20+/t28?,31-,33?,34?,35-,36?,37+/m0/s1. The minimum absolute atomic E-state index is 0.0328. The van der Waals surface area contributed by atoms with E-state index in [2.05, 4.69) is 16.1 Å². The van der Waals surface area contributed by atoms with Crippen LogP contribution < -0.4 is 16.1 Å². The van der Waals surface area contributed by atoms with Gasteiger partial charge >= 0.3 is 5.97 Å². The molecule has 5 N–H and O–H groups in total. The second-order valence-electron chi connectivity index (χ2n) is 14.1. The van der Waals surface area contributed by atoms with Crippen LogP contribution >= 0.6 is 0 Å². The van der Waals surface area contributed by atoms with E-state index < -0.39 is 48.1 Å². The number of benzene rings is 1. The molecular weight excluding hydrogens is 680 g/mol. The molecule has 1 heterocycles. The van der Waals surface area contributed by atoms with Gasteiger partial charge in [0.2, 0.25) is 5.91 Å². The van der Waals surface area contributed by atoms with E-state index in [0.717, 1.165) is 0 Å². The number of hydrazine groups is 1. The van der Waals surface area contributed by atoms with Gasteiger partial charge in [-0.15, -0.1) is 0 Å². The molecule has 2 rings (SSSR count). The Balaban J connectivity index is 2.10. The highest BCUT2D eigenvalue weighted by atomic mass is 16.5. The van der Waals surface area contributed by atoms with Crippen molar-refractivity contribution in [2.24, 2.45) is 17.8 Å². The number of hydrogen-bond acceptors (Lipinski definition) is 11. The van der Waals surface area contributed by atoms with Gasteiger partial charge in [-0.1, -0.05) is 57.2 Å². The Morgan fingerprint density at radius 1 is 1.08 bits per heavy atom. The van der Waals surface area contributed by atoms with Crippen LogP contribution in [0, 0.1) is 17.8 Å². The van der Waals surface area contributed by atoms with Gasteiger partial charge in [0.05, 0.1) is 12.1 Å². The summed E-state index contributed by atoms with van der Waals surface area (Å²) in [5, 5.41) is 27.7. The summed E-state index contributed by atoms with van der Waals surface area (Å²) in [4.78, 5) is 74.6. The first-order valence-corrected chi connectivity index (χ1v) is 18.3. The molecule has 53 heavy (non-hydrogen) atoms. The number of carbonyl (C=O) groups is 6. The number of Topliss-reactive ketones (excluding diaryl/α,β-unsaturated/α-hetero) is 1. The minimum atomic E-state index is -0.991. The zero-order valence-electron chi connectivity index (χ0n) is 31.8. The van der Waals surface area contributed by atoms with Crippen LogP contribution in [0.2, 0.25) is 0 Å². The molecule has 0 radical (unpaired) electrons. The molecular formula is C40H58N4O9.